The lowest BCUT2D eigenvalue weighted by atomic mass is 9.99. The van der Waals surface area contributed by atoms with Crippen molar-refractivity contribution in [2.45, 2.75) is 25.4 Å². The molecule has 2 unspecified atom stereocenters. The number of hydrogen-bond acceptors (Lipinski definition) is 4. The molecule has 1 aliphatic heterocycles. The molecule has 0 radical (unpaired) electrons. The molecule has 2 heterocycles. The first kappa shape index (κ1) is 18.6. The third-order valence-electron chi connectivity index (χ3n) is 4.22. The van der Waals surface area contributed by atoms with Crippen LogP contribution in [0.1, 0.15) is 24.2 Å². The van der Waals surface area contributed by atoms with Gasteiger partial charge in [-0.1, -0.05) is 12.1 Å². The molecule has 0 aliphatic carbocycles. The number of ether oxygens (including phenoxy) is 1. The summed E-state index contributed by atoms with van der Waals surface area (Å²) < 4.78 is 54.2. The molecule has 0 saturated carbocycles. The number of pyridine rings is 1. The van der Waals surface area contributed by atoms with E-state index in [4.69, 9.17) is 0 Å². The summed E-state index contributed by atoms with van der Waals surface area (Å²) in [5.41, 5.74) is 1.41. The second-order valence-electron chi connectivity index (χ2n) is 6.27. The first-order valence-electron chi connectivity index (χ1n) is 8.26. The molecular weight excluding hydrogens is 350 g/mol. The van der Waals surface area contributed by atoms with Crippen molar-refractivity contribution in [2.24, 2.45) is 0 Å². The number of aromatic nitrogens is 1. The fraction of sp³-hybridized carbons (Fsp3) is 0.389. The quantitative estimate of drug-likeness (QED) is 0.837. The first-order chi connectivity index (χ1) is 12.3. The highest BCUT2D eigenvalue weighted by atomic mass is 19.4. The van der Waals surface area contributed by atoms with E-state index >= 15 is 0 Å². The molecule has 8 heteroatoms. The van der Waals surface area contributed by atoms with Crippen LogP contribution in [-0.4, -0.2) is 41.9 Å². The minimum Gasteiger partial charge on any atom is -0.404 e. The molecule has 4 nitrogen and oxygen atoms in total. The Labute approximate surface area is 148 Å². The van der Waals surface area contributed by atoms with Crippen LogP contribution in [0.2, 0.25) is 0 Å². The standard InChI is InChI=1S/C18H19F4N3O/c1-12-11-25(9-8-23-12)17(13-2-4-14(19)5-3-13)16-7-6-15(10-24-16)26-18(20,21)22/h2-7,10,12,17,23H,8-9,11H2,1H3. The summed E-state index contributed by atoms with van der Waals surface area (Å²) in [7, 11) is 0. The van der Waals surface area contributed by atoms with Gasteiger partial charge >= 0.3 is 6.36 Å². The van der Waals surface area contributed by atoms with Gasteiger partial charge in [-0.2, -0.15) is 0 Å². The molecule has 1 aromatic heterocycles. The van der Waals surface area contributed by atoms with Gasteiger partial charge in [0, 0.05) is 25.7 Å². The number of alkyl halides is 3. The molecule has 0 amide bonds. The summed E-state index contributed by atoms with van der Waals surface area (Å²) in [6.45, 7) is 4.33. The van der Waals surface area contributed by atoms with Gasteiger partial charge in [0.05, 0.1) is 17.9 Å². The van der Waals surface area contributed by atoms with Crippen molar-refractivity contribution >= 4 is 0 Å². The molecule has 0 bridgehead atoms. The van der Waals surface area contributed by atoms with Gasteiger partial charge in [-0.05, 0) is 36.8 Å². The molecule has 1 fully saturated rings. The van der Waals surface area contributed by atoms with Crippen molar-refractivity contribution in [3.63, 3.8) is 0 Å². The van der Waals surface area contributed by atoms with Gasteiger partial charge in [-0.3, -0.25) is 9.88 Å². The largest absolute Gasteiger partial charge is 0.573 e. The summed E-state index contributed by atoms with van der Waals surface area (Å²) in [6.07, 6.45) is -3.70. The Morgan fingerprint density at radius 3 is 2.50 bits per heavy atom. The molecule has 2 aromatic rings. The van der Waals surface area contributed by atoms with Crippen LogP contribution >= 0.6 is 0 Å². The highest BCUT2D eigenvalue weighted by molar-refractivity contribution is 5.31. The average molecular weight is 369 g/mol. The van der Waals surface area contributed by atoms with Gasteiger partial charge in [-0.25, -0.2) is 4.39 Å². The van der Waals surface area contributed by atoms with Gasteiger partial charge in [0.1, 0.15) is 11.6 Å². The van der Waals surface area contributed by atoms with E-state index in [0.29, 0.717) is 5.69 Å². The van der Waals surface area contributed by atoms with Crippen LogP contribution in [0.25, 0.3) is 0 Å². The molecule has 1 saturated heterocycles. The van der Waals surface area contributed by atoms with Crippen LogP contribution in [0.5, 0.6) is 5.75 Å². The summed E-state index contributed by atoms with van der Waals surface area (Å²) in [5.74, 6) is -0.712. The number of nitrogens with one attached hydrogen (secondary N) is 1. The van der Waals surface area contributed by atoms with Gasteiger partial charge in [0.15, 0.2) is 0 Å². The van der Waals surface area contributed by atoms with Gasteiger partial charge in [-0.15, -0.1) is 13.2 Å². The number of rotatable bonds is 4. The van der Waals surface area contributed by atoms with Crippen LogP contribution in [-0.2, 0) is 0 Å². The highest BCUT2D eigenvalue weighted by Crippen LogP contribution is 2.30. The van der Waals surface area contributed by atoms with Gasteiger partial charge < -0.3 is 10.1 Å². The smallest absolute Gasteiger partial charge is 0.404 e. The number of nitrogens with zero attached hydrogens (tertiary/aromatic N) is 2. The Balaban J connectivity index is 1.91. The van der Waals surface area contributed by atoms with E-state index in [2.05, 4.69) is 26.9 Å². The lowest BCUT2D eigenvalue weighted by Crippen LogP contribution is -2.50. The van der Waals surface area contributed by atoms with Crippen molar-refractivity contribution in [3.05, 3.63) is 59.7 Å². The predicted molar refractivity (Wildman–Crippen MR) is 88.2 cm³/mol. The third-order valence-corrected chi connectivity index (χ3v) is 4.22. The fourth-order valence-corrected chi connectivity index (χ4v) is 3.16. The number of hydrogen-bond donors (Lipinski definition) is 1. The monoisotopic (exact) mass is 369 g/mol. The van der Waals surface area contributed by atoms with Crippen molar-refractivity contribution in [2.75, 3.05) is 19.6 Å². The molecule has 1 aromatic carbocycles. The lowest BCUT2D eigenvalue weighted by Gasteiger charge is -2.37. The number of benzene rings is 1. The van der Waals surface area contributed by atoms with Crippen LogP contribution < -0.4 is 10.1 Å². The Morgan fingerprint density at radius 1 is 1.19 bits per heavy atom. The minimum absolute atomic E-state index is 0.263. The molecule has 3 rings (SSSR count). The van der Waals surface area contributed by atoms with E-state index in [1.54, 1.807) is 12.1 Å². The molecule has 0 spiro atoms. The average Bonchev–Trinajstić information content (AvgIpc) is 2.57. The predicted octanol–water partition coefficient (Wildman–Crippen LogP) is 3.50. The molecular formula is C18H19F4N3O. The third kappa shape index (κ3) is 4.70. The van der Waals surface area contributed by atoms with E-state index in [1.165, 1.54) is 24.3 Å². The van der Waals surface area contributed by atoms with Crippen LogP contribution in [0, 0.1) is 5.82 Å². The molecule has 1 aliphatic rings. The Kier molecular flexibility index (Phi) is 5.43. The number of halogens is 4. The van der Waals surface area contributed by atoms with Crippen molar-refractivity contribution < 1.29 is 22.3 Å². The fourth-order valence-electron chi connectivity index (χ4n) is 3.16. The molecule has 140 valence electrons. The second kappa shape index (κ2) is 7.59. The first-order valence-corrected chi connectivity index (χ1v) is 8.26. The van der Waals surface area contributed by atoms with Crippen molar-refractivity contribution in [3.8, 4) is 5.75 Å². The van der Waals surface area contributed by atoms with E-state index < -0.39 is 6.36 Å². The summed E-state index contributed by atoms with van der Waals surface area (Å²) in [4.78, 5) is 6.36. The summed E-state index contributed by atoms with van der Waals surface area (Å²) in [6, 6.07) is 8.84. The maximum atomic E-state index is 13.3. The van der Waals surface area contributed by atoms with E-state index in [1.807, 2.05) is 0 Å². The zero-order valence-electron chi connectivity index (χ0n) is 14.1. The molecule has 1 N–H and O–H groups in total. The maximum absolute atomic E-state index is 13.3. The lowest BCUT2D eigenvalue weighted by molar-refractivity contribution is -0.274. The Bertz CT molecular complexity index is 719. The van der Waals surface area contributed by atoms with Gasteiger partial charge in [0.2, 0.25) is 0 Å². The topological polar surface area (TPSA) is 37.4 Å². The maximum Gasteiger partial charge on any atom is 0.573 e. The summed E-state index contributed by atoms with van der Waals surface area (Å²) in [5, 5.41) is 3.35. The van der Waals surface area contributed by atoms with Crippen LogP contribution in [0.4, 0.5) is 17.6 Å². The van der Waals surface area contributed by atoms with E-state index in [9.17, 15) is 17.6 Å². The molecule has 26 heavy (non-hydrogen) atoms. The van der Waals surface area contributed by atoms with Crippen molar-refractivity contribution in [1.29, 1.82) is 0 Å². The Morgan fingerprint density at radius 2 is 1.92 bits per heavy atom. The second-order valence-corrected chi connectivity index (χ2v) is 6.27. The summed E-state index contributed by atoms with van der Waals surface area (Å²) >= 11 is 0. The SMILES string of the molecule is CC1CN(C(c2ccc(F)cc2)c2ccc(OC(F)(F)F)cn2)CCN1. The zero-order valence-corrected chi connectivity index (χ0v) is 14.1. The van der Waals surface area contributed by atoms with Gasteiger partial charge in [0.25, 0.3) is 0 Å². The Hall–Kier alpha value is -2.19. The minimum atomic E-state index is -4.76. The normalized spacial score (nSPS) is 20.0. The van der Waals surface area contributed by atoms with E-state index in [0.717, 1.165) is 31.4 Å². The number of piperazine rings is 1. The van der Waals surface area contributed by atoms with Crippen LogP contribution in [0.15, 0.2) is 42.6 Å². The van der Waals surface area contributed by atoms with Crippen molar-refractivity contribution in [1.82, 2.24) is 15.2 Å². The highest BCUT2D eigenvalue weighted by Gasteiger charge is 2.32. The van der Waals surface area contributed by atoms with Crippen LogP contribution in [0.3, 0.4) is 0 Å². The molecule has 2 atom stereocenters. The van der Waals surface area contributed by atoms with E-state index in [-0.39, 0.29) is 23.7 Å². The zero-order chi connectivity index (χ0) is 18.7.